The number of anilines is 1. The fourth-order valence-corrected chi connectivity index (χ4v) is 3.53. The number of nitrogens with zero attached hydrogens (tertiary/aromatic N) is 2. The molecular formula is C21H25ClN2OS. The maximum Gasteiger partial charge on any atom is 0.169 e. The lowest BCUT2D eigenvalue weighted by Gasteiger charge is -2.23. The van der Waals surface area contributed by atoms with Crippen molar-refractivity contribution in [2.75, 3.05) is 18.1 Å². The molecule has 0 saturated heterocycles. The van der Waals surface area contributed by atoms with Gasteiger partial charge in [0.25, 0.3) is 0 Å². The first-order chi connectivity index (χ1) is 12.6. The fraction of sp³-hybridized carbons (Fsp3) is 0.286. The Kier molecular flexibility index (Phi) is 8.07. The molecule has 0 saturated carbocycles. The van der Waals surface area contributed by atoms with Crippen LogP contribution in [0.2, 0.25) is 0 Å². The van der Waals surface area contributed by atoms with Gasteiger partial charge in [-0.05, 0) is 51.1 Å². The van der Waals surface area contributed by atoms with Crippen LogP contribution >= 0.6 is 23.4 Å². The van der Waals surface area contributed by atoms with Crippen LogP contribution in [0.15, 0.2) is 76.9 Å². The second-order valence-corrected chi connectivity index (χ2v) is 7.39. The molecule has 1 aliphatic rings. The molecule has 0 bridgehead atoms. The van der Waals surface area contributed by atoms with E-state index in [1.165, 1.54) is 0 Å². The van der Waals surface area contributed by atoms with Gasteiger partial charge in [-0.15, -0.1) is 0 Å². The van der Waals surface area contributed by atoms with Gasteiger partial charge < -0.3 is 4.74 Å². The molecule has 1 heterocycles. The molecule has 1 atom stereocenters. The largest absolute Gasteiger partial charge is 0.494 e. The van der Waals surface area contributed by atoms with E-state index in [4.69, 9.17) is 21.3 Å². The summed E-state index contributed by atoms with van der Waals surface area (Å²) in [4.78, 5) is 6.89. The van der Waals surface area contributed by atoms with Crippen LogP contribution in [0.5, 0.6) is 5.75 Å². The molecule has 26 heavy (non-hydrogen) atoms. The van der Waals surface area contributed by atoms with Crippen LogP contribution in [0.25, 0.3) is 0 Å². The molecule has 0 spiro atoms. The first-order valence-electron chi connectivity index (χ1n) is 8.64. The second kappa shape index (κ2) is 10.3. The van der Waals surface area contributed by atoms with Crippen LogP contribution in [0.3, 0.4) is 0 Å². The van der Waals surface area contributed by atoms with Crippen LogP contribution in [0.1, 0.15) is 20.8 Å². The Labute approximate surface area is 165 Å². The van der Waals surface area contributed by atoms with Crippen molar-refractivity contribution >= 4 is 34.2 Å². The zero-order valence-corrected chi connectivity index (χ0v) is 17.1. The number of thioether (sulfide) groups is 1. The number of allylic oxidation sites excluding steroid dienone is 5. The minimum Gasteiger partial charge on any atom is -0.494 e. The highest BCUT2D eigenvalue weighted by Crippen LogP contribution is 2.33. The van der Waals surface area contributed by atoms with E-state index in [1.54, 1.807) is 17.8 Å². The van der Waals surface area contributed by atoms with Crippen molar-refractivity contribution in [2.24, 2.45) is 4.99 Å². The van der Waals surface area contributed by atoms with Crippen molar-refractivity contribution in [1.29, 1.82) is 0 Å². The number of hydrogen-bond acceptors (Lipinski definition) is 4. The molecule has 3 nitrogen and oxygen atoms in total. The van der Waals surface area contributed by atoms with E-state index < -0.39 is 0 Å². The van der Waals surface area contributed by atoms with Gasteiger partial charge in [-0.25, -0.2) is 0 Å². The zero-order chi connectivity index (χ0) is 18.9. The number of benzene rings is 1. The van der Waals surface area contributed by atoms with E-state index in [2.05, 4.69) is 24.5 Å². The molecule has 0 N–H and O–H groups in total. The first-order valence-corrected chi connectivity index (χ1v) is 9.90. The zero-order valence-electron chi connectivity index (χ0n) is 15.5. The molecule has 1 aromatic rings. The van der Waals surface area contributed by atoms with Crippen molar-refractivity contribution in [3.8, 4) is 5.75 Å². The summed E-state index contributed by atoms with van der Waals surface area (Å²) >= 11 is 7.95. The number of aliphatic imine (C=N–C) groups is 1. The van der Waals surface area contributed by atoms with E-state index in [0.717, 1.165) is 22.3 Å². The monoisotopic (exact) mass is 388 g/mol. The number of rotatable bonds is 7. The summed E-state index contributed by atoms with van der Waals surface area (Å²) in [6.07, 6.45) is 9.71. The summed E-state index contributed by atoms with van der Waals surface area (Å²) in [7, 11) is 0. The summed E-state index contributed by atoms with van der Waals surface area (Å²) in [6.45, 7) is 11.0. The maximum absolute atomic E-state index is 6.24. The van der Waals surface area contributed by atoms with Gasteiger partial charge in [0.2, 0.25) is 0 Å². The van der Waals surface area contributed by atoms with Gasteiger partial charge in [0.1, 0.15) is 5.75 Å². The van der Waals surface area contributed by atoms with Crippen LogP contribution < -0.4 is 9.64 Å². The Morgan fingerprint density at radius 2 is 2.15 bits per heavy atom. The summed E-state index contributed by atoms with van der Waals surface area (Å²) in [5.41, 5.74) is 2.10. The number of halogens is 1. The second-order valence-electron chi connectivity index (χ2n) is 5.61. The van der Waals surface area contributed by atoms with E-state index >= 15 is 0 Å². The maximum atomic E-state index is 6.24. The minimum absolute atomic E-state index is 0.286. The number of hydrogen-bond donors (Lipinski definition) is 0. The molecule has 0 aliphatic carbocycles. The predicted molar refractivity (Wildman–Crippen MR) is 116 cm³/mol. The highest BCUT2D eigenvalue weighted by molar-refractivity contribution is 8.14. The lowest BCUT2D eigenvalue weighted by molar-refractivity contribution is 0.340. The van der Waals surface area contributed by atoms with Gasteiger partial charge in [0.05, 0.1) is 13.2 Å². The minimum atomic E-state index is 0.286. The van der Waals surface area contributed by atoms with E-state index in [-0.39, 0.29) is 5.25 Å². The topological polar surface area (TPSA) is 24.8 Å². The van der Waals surface area contributed by atoms with Crippen molar-refractivity contribution in [3.63, 3.8) is 0 Å². The fourth-order valence-electron chi connectivity index (χ4n) is 2.43. The van der Waals surface area contributed by atoms with E-state index in [0.29, 0.717) is 18.2 Å². The standard InChI is InChI=1S/C21H25ClN2OS/c1-5-8-9-16(4)26-21-23-15-19(14-17(22)6-2)24(21)18-10-12-20(13-11-18)25-7-3/h5-6,8-14,16H,1,7,15H2,2-4H3/b9-8+,17-6+,19-14+. The number of amidine groups is 1. The van der Waals surface area contributed by atoms with E-state index in [1.807, 2.05) is 56.3 Å². The molecule has 5 heteroatoms. The molecule has 1 unspecified atom stereocenters. The van der Waals surface area contributed by atoms with E-state index in [9.17, 15) is 0 Å². The highest BCUT2D eigenvalue weighted by Gasteiger charge is 2.25. The average molecular weight is 389 g/mol. The van der Waals surface area contributed by atoms with Gasteiger partial charge in [-0.1, -0.05) is 54.2 Å². The van der Waals surface area contributed by atoms with Crippen LogP contribution in [-0.2, 0) is 0 Å². The molecular weight excluding hydrogens is 364 g/mol. The normalized spacial score (nSPS) is 17.7. The number of ether oxygens (including phenoxy) is 1. The molecule has 0 radical (unpaired) electrons. The molecule has 0 amide bonds. The summed E-state index contributed by atoms with van der Waals surface area (Å²) in [6, 6.07) is 8.06. The smallest absolute Gasteiger partial charge is 0.169 e. The van der Waals surface area contributed by atoms with Gasteiger partial charge >= 0.3 is 0 Å². The third kappa shape index (κ3) is 5.55. The average Bonchev–Trinajstić information content (AvgIpc) is 3.02. The van der Waals surface area contributed by atoms with Crippen LogP contribution in [0.4, 0.5) is 5.69 Å². The molecule has 2 rings (SSSR count). The summed E-state index contributed by atoms with van der Waals surface area (Å²) in [5, 5.41) is 1.95. The highest BCUT2D eigenvalue weighted by atomic mass is 35.5. The Hall–Kier alpha value is -1.91. The summed E-state index contributed by atoms with van der Waals surface area (Å²) in [5.74, 6) is 0.862. The van der Waals surface area contributed by atoms with Crippen molar-refractivity contribution < 1.29 is 4.74 Å². The third-order valence-electron chi connectivity index (χ3n) is 3.65. The third-order valence-corrected chi connectivity index (χ3v) is 5.03. The van der Waals surface area contributed by atoms with Gasteiger partial charge in [-0.3, -0.25) is 9.89 Å². The Bertz CT molecular complexity index is 735. The lowest BCUT2D eigenvalue weighted by Crippen LogP contribution is -2.24. The van der Waals surface area contributed by atoms with Crippen molar-refractivity contribution in [1.82, 2.24) is 0 Å². The molecule has 1 aromatic carbocycles. The molecule has 1 aliphatic heterocycles. The molecule has 138 valence electrons. The van der Waals surface area contributed by atoms with Crippen molar-refractivity contribution in [2.45, 2.75) is 26.0 Å². The van der Waals surface area contributed by atoms with Crippen LogP contribution in [-0.4, -0.2) is 23.6 Å². The lowest BCUT2D eigenvalue weighted by atomic mass is 10.2. The Morgan fingerprint density at radius 3 is 2.77 bits per heavy atom. The molecule has 0 fully saturated rings. The van der Waals surface area contributed by atoms with Crippen LogP contribution in [0, 0.1) is 0 Å². The summed E-state index contributed by atoms with van der Waals surface area (Å²) < 4.78 is 5.55. The quantitative estimate of drug-likeness (QED) is 0.523. The molecule has 0 aromatic heterocycles. The Balaban J connectivity index is 2.31. The SMILES string of the molecule is C=C/C=C/C(C)SC1=NC/C(=C\C(Cl)=C/C)N1c1ccc(OCC)cc1. The van der Waals surface area contributed by atoms with Gasteiger partial charge in [0, 0.05) is 21.7 Å². The first kappa shape index (κ1) is 20.4. The van der Waals surface area contributed by atoms with Gasteiger partial charge in [-0.2, -0.15) is 0 Å². The Morgan fingerprint density at radius 1 is 1.42 bits per heavy atom. The predicted octanol–water partition coefficient (Wildman–Crippen LogP) is 6.15. The van der Waals surface area contributed by atoms with Crippen molar-refractivity contribution in [3.05, 3.63) is 72.0 Å². The van der Waals surface area contributed by atoms with Gasteiger partial charge in [0.15, 0.2) is 5.17 Å².